The largest absolute Gasteiger partial charge is 3.00 e. The molecule has 0 aliphatic carbocycles. The van der Waals surface area contributed by atoms with Gasteiger partial charge in [-0.25, -0.2) is 25.3 Å². The van der Waals surface area contributed by atoms with Crippen LogP contribution in [-0.4, -0.2) is 58.7 Å². The maximum absolute atomic E-state index is 12.3. The van der Waals surface area contributed by atoms with Crippen LogP contribution in [0.2, 0.25) is 0 Å². The molecule has 0 atom stereocenters. The average molecular weight is 949 g/mol. The van der Waals surface area contributed by atoms with Crippen LogP contribution in [0.5, 0.6) is 0 Å². The average Bonchev–Trinajstić information content (AvgIpc) is 2.93. The summed E-state index contributed by atoms with van der Waals surface area (Å²) in [6.45, 7) is 0. The zero-order valence-electron chi connectivity index (χ0n) is 25.0. The van der Waals surface area contributed by atoms with E-state index in [2.05, 4.69) is 0 Å². The number of benzene rings is 3. The van der Waals surface area contributed by atoms with Crippen molar-refractivity contribution in [1.29, 1.82) is 0 Å². The second-order valence-corrected chi connectivity index (χ2v) is 13.7. The first-order valence-corrected chi connectivity index (χ1v) is 16.4. The van der Waals surface area contributed by atoms with E-state index < -0.39 is 115 Å². The first-order chi connectivity index (χ1) is 23.4. The van der Waals surface area contributed by atoms with Crippen LogP contribution in [0.4, 0.5) is 79.0 Å². The Hall–Kier alpha value is -3.23. The van der Waals surface area contributed by atoms with E-state index >= 15 is 0 Å². The van der Waals surface area contributed by atoms with Crippen molar-refractivity contribution in [3.05, 3.63) is 88.0 Å². The Bertz CT molecular complexity index is 1830. The molecule has 3 aromatic rings. The molecule has 0 aliphatic rings. The second kappa shape index (κ2) is 16.7. The van der Waals surface area contributed by atoms with Crippen molar-refractivity contribution in [3.8, 4) is 0 Å². The molecule has 0 fully saturated rings. The van der Waals surface area contributed by atoms with Crippen LogP contribution in [0.15, 0.2) is 69.3 Å². The molecule has 0 aromatic heterocycles. The fourth-order valence-corrected chi connectivity index (χ4v) is 4.84. The fourth-order valence-electron chi connectivity index (χ4n) is 3.21. The maximum Gasteiger partial charge on any atom is 3.00 e. The molecule has 3 aromatic carbocycles. The normalized spacial score (nSPS) is 13.5. The van der Waals surface area contributed by atoms with Gasteiger partial charge in [0.05, 0.1) is 48.1 Å². The summed E-state index contributed by atoms with van der Waals surface area (Å²) < 4.78 is 315. The summed E-state index contributed by atoms with van der Waals surface area (Å²) in [5.74, 6) is 0. The molecule has 0 saturated heterocycles. The molecule has 55 heavy (non-hydrogen) atoms. The minimum absolute atomic E-state index is 0. The van der Waals surface area contributed by atoms with Gasteiger partial charge in [-0.05, 0) is 54.6 Å². The molecule has 0 N–H and O–H groups in total. The Balaban J connectivity index is 0.000000788. The quantitative estimate of drug-likeness (QED) is 0.147. The Morgan fingerprint density at radius 1 is 0.291 bits per heavy atom. The third kappa shape index (κ3) is 16.0. The van der Waals surface area contributed by atoms with Crippen LogP contribution < -0.4 is 0 Å². The summed E-state index contributed by atoms with van der Waals surface area (Å²) in [5.41, 5.74) is -11.1. The van der Waals surface area contributed by atoms with Crippen molar-refractivity contribution in [3.63, 3.8) is 0 Å². The summed E-state index contributed by atoms with van der Waals surface area (Å²) in [6.07, 6.45) is -31.2. The Kier molecular flexibility index (Phi) is 15.7. The van der Waals surface area contributed by atoms with Crippen LogP contribution >= 0.6 is 0 Å². The van der Waals surface area contributed by atoms with E-state index in [-0.39, 0.29) is 74.4 Å². The van der Waals surface area contributed by atoms with Crippen LogP contribution in [0, 0.1) is 0 Å². The van der Waals surface area contributed by atoms with Crippen molar-refractivity contribution < 1.29 is 118 Å². The van der Waals surface area contributed by atoms with Gasteiger partial charge in [0, 0.05) is 0 Å². The number of alkyl halides is 18. The summed E-state index contributed by atoms with van der Waals surface area (Å²) in [7, 11) is -16.3. The first-order valence-electron chi connectivity index (χ1n) is 12.2. The van der Waals surface area contributed by atoms with E-state index in [4.69, 9.17) is 0 Å². The number of hydrogen-bond acceptors (Lipinski definition) is 9. The van der Waals surface area contributed by atoms with Crippen LogP contribution in [0.25, 0.3) is 0 Å². The summed E-state index contributed by atoms with van der Waals surface area (Å²) >= 11 is 0. The van der Waals surface area contributed by atoms with Crippen LogP contribution in [-0.2, 0) is 67.4 Å². The summed E-state index contributed by atoms with van der Waals surface area (Å²) in [4.78, 5) is -4.74. The summed E-state index contributed by atoms with van der Waals surface area (Å²) in [5, 5.41) is 0. The van der Waals surface area contributed by atoms with Crippen molar-refractivity contribution in [2.45, 2.75) is 51.7 Å². The molecular formula is C24H9F18GaO9S3. The van der Waals surface area contributed by atoms with E-state index in [1.54, 1.807) is 0 Å². The molecule has 0 heterocycles. The fraction of sp³-hybridized carbons (Fsp3) is 0.250. The molecule has 306 valence electrons. The third-order valence-corrected chi connectivity index (χ3v) is 7.99. The van der Waals surface area contributed by atoms with Crippen LogP contribution in [0.1, 0.15) is 33.4 Å². The van der Waals surface area contributed by atoms with Crippen LogP contribution in [0.3, 0.4) is 0 Å². The zero-order chi connectivity index (χ0) is 43.1. The third-order valence-electron chi connectivity index (χ3n) is 5.55. The van der Waals surface area contributed by atoms with E-state index in [0.29, 0.717) is 0 Å². The van der Waals surface area contributed by atoms with Crippen molar-refractivity contribution >= 4 is 50.1 Å². The van der Waals surface area contributed by atoms with Gasteiger partial charge in [-0.3, -0.25) is 0 Å². The predicted molar refractivity (Wildman–Crippen MR) is 139 cm³/mol. The van der Waals surface area contributed by atoms with E-state index in [9.17, 15) is 118 Å². The molecule has 0 amide bonds. The molecule has 31 heteroatoms. The minimum Gasteiger partial charge on any atom is -0.744 e. The number of hydrogen-bond donors (Lipinski definition) is 0. The Morgan fingerprint density at radius 2 is 0.400 bits per heavy atom. The monoisotopic (exact) mass is 948 g/mol. The smallest absolute Gasteiger partial charge is 0.744 e. The van der Waals surface area contributed by atoms with Crippen molar-refractivity contribution in [2.24, 2.45) is 0 Å². The van der Waals surface area contributed by atoms with E-state index in [1.807, 2.05) is 0 Å². The number of halogens is 18. The molecule has 0 spiro atoms. The molecule has 0 unspecified atom stereocenters. The standard InChI is InChI=1S/3C8H4F6O3S.Ga/c3*9-7(10,11)4-1-5(8(12,13)14)3-6(2-4)18(15,16)17;/h3*1-3H,(H,15,16,17);/q;;;+3/p-3. The van der Waals surface area contributed by atoms with Gasteiger partial charge in [0.2, 0.25) is 0 Å². The Morgan fingerprint density at radius 3 is 0.473 bits per heavy atom. The summed E-state index contributed by atoms with van der Waals surface area (Å²) in [6, 6.07) is -1.66. The first kappa shape index (κ1) is 51.8. The van der Waals surface area contributed by atoms with Gasteiger partial charge in [-0.15, -0.1) is 0 Å². The van der Waals surface area contributed by atoms with Crippen molar-refractivity contribution in [2.75, 3.05) is 0 Å². The second-order valence-electron chi connectivity index (χ2n) is 9.59. The van der Waals surface area contributed by atoms with Gasteiger partial charge in [-0.2, -0.15) is 79.0 Å². The minimum atomic E-state index is -5.42. The molecule has 0 saturated carbocycles. The van der Waals surface area contributed by atoms with Gasteiger partial charge in [-0.1, -0.05) is 0 Å². The SMILES string of the molecule is O=S(=O)([O-])c1cc(C(F)(F)F)cc(C(F)(F)F)c1.O=S(=O)([O-])c1cc(C(F)(F)F)cc(C(F)(F)F)c1.O=S(=O)([O-])c1cc(C(F)(F)F)cc(C(F)(F)F)c1.[Ga+3]. The van der Waals surface area contributed by atoms with Crippen molar-refractivity contribution in [1.82, 2.24) is 0 Å². The number of rotatable bonds is 3. The van der Waals surface area contributed by atoms with E-state index in [0.717, 1.165) is 0 Å². The van der Waals surface area contributed by atoms with Gasteiger partial charge >= 0.3 is 56.8 Å². The molecule has 9 nitrogen and oxygen atoms in total. The topological polar surface area (TPSA) is 172 Å². The maximum atomic E-state index is 12.3. The molecule has 3 rings (SSSR count). The molecule has 0 radical (unpaired) electrons. The van der Waals surface area contributed by atoms with Gasteiger partial charge < -0.3 is 13.7 Å². The van der Waals surface area contributed by atoms with Gasteiger partial charge in [0.25, 0.3) is 0 Å². The molecule has 0 aliphatic heterocycles. The predicted octanol–water partition coefficient (Wildman–Crippen LogP) is 7.50. The van der Waals surface area contributed by atoms with Gasteiger partial charge in [0.15, 0.2) is 0 Å². The van der Waals surface area contributed by atoms with Gasteiger partial charge in [0.1, 0.15) is 30.4 Å². The molecular weight excluding hydrogens is 940 g/mol. The van der Waals surface area contributed by atoms with E-state index in [1.165, 1.54) is 0 Å². The Labute approximate surface area is 307 Å². The molecule has 0 bridgehead atoms. The zero-order valence-corrected chi connectivity index (χ0v) is 29.8.